The van der Waals surface area contributed by atoms with Crippen molar-refractivity contribution in [1.82, 2.24) is 0 Å². The maximum absolute atomic E-state index is 2.51. The average Bonchev–Trinajstić information content (AvgIpc) is 2.23. The Bertz CT molecular complexity index is 180. The molecule has 88 valence electrons. The zero-order valence-corrected chi connectivity index (χ0v) is 10.8. The zero-order valence-electron chi connectivity index (χ0n) is 10.8. The van der Waals surface area contributed by atoms with Gasteiger partial charge in [-0.3, -0.25) is 0 Å². The van der Waals surface area contributed by atoms with Crippen LogP contribution >= 0.6 is 0 Å². The molecule has 0 nitrogen and oxygen atoms in total. The molecule has 0 aromatic heterocycles. The van der Waals surface area contributed by atoms with E-state index in [0.29, 0.717) is 0 Å². The Morgan fingerprint density at radius 3 is 2.20 bits per heavy atom. The van der Waals surface area contributed by atoms with Gasteiger partial charge in [-0.05, 0) is 37.0 Å². The van der Waals surface area contributed by atoms with E-state index in [0.717, 1.165) is 17.8 Å². The van der Waals surface area contributed by atoms with Gasteiger partial charge in [0, 0.05) is 0 Å². The lowest BCUT2D eigenvalue weighted by Gasteiger charge is -2.35. The summed E-state index contributed by atoms with van der Waals surface area (Å²) in [6.45, 7) is 6.99. The molecule has 0 N–H and O–H groups in total. The summed E-state index contributed by atoms with van der Waals surface area (Å²) in [5.41, 5.74) is 0. The number of allylic oxidation sites excluding steroid dienone is 2. The minimum atomic E-state index is 0.889. The highest BCUT2D eigenvalue weighted by Gasteiger charge is 2.28. The predicted octanol–water partition coefficient (Wildman–Crippen LogP) is 5.20. The minimum absolute atomic E-state index is 0.889. The zero-order chi connectivity index (χ0) is 11.1. The van der Waals surface area contributed by atoms with Crippen LogP contribution in [-0.4, -0.2) is 0 Å². The van der Waals surface area contributed by atoms with Gasteiger partial charge in [-0.25, -0.2) is 0 Å². The van der Waals surface area contributed by atoms with Crippen LogP contribution in [0.1, 0.15) is 65.7 Å². The Labute approximate surface area is 96.2 Å². The summed E-state index contributed by atoms with van der Waals surface area (Å²) >= 11 is 0. The molecule has 0 saturated carbocycles. The van der Waals surface area contributed by atoms with Crippen molar-refractivity contribution >= 4 is 0 Å². The van der Waals surface area contributed by atoms with Gasteiger partial charge in [-0.15, -0.1) is 0 Å². The molecule has 3 atom stereocenters. The van der Waals surface area contributed by atoms with E-state index in [2.05, 4.69) is 32.9 Å². The third-order valence-corrected chi connectivity index (χ3v) is 3.88. The van der Waals surface area contributed by atoms with Gasteiger partial charge < -0.3 is 0 Å². The van der Waals surface area contributed by atoms with Gasteiger partial charge in [-0.2, -0.15) is 0 Å². The van der Waals surface area contributed by atoms with Crippen molar-refractivity contribution in [1.29, 1.82) is 0 Å². The predicted molar refractivity (Wildman–Crippen MR) is 69.0 cm³/mol. The molecule has 1 rings (SSSR count). The molecule has 0 radical (unpaired) electrons. The highest BCUT2D eigenvalue weighted by Crippen LogP contribution is 2.38. The van der Waals surface area contributed by atoms with Crippen LogP contribution in [0.15, 0.2) is 12.2 Å². The second-order valence-electron chi connectivity index (χ2n) is 5.12. The average molecular weight is 208 g/mol. The van der Waals surface area contributed by atoms with E-state index < -0.39 is 0 Å². The number of hydrogen-bond acceptors (Lipinski definition) is 0. The van der Waals surface area contributed by atoms with Gasteiger partial charge in [0.2, 0.25) is 0 Å². The Balaban J connectivity index is 2.60. The van der Waals surface area contributed by atoms with Crippen molar-refractivity contribution in [3.05, 3.63) is 12.2 Å². The van der Waals surface area contributed by atoms with E-state index in [1.165, 1.54) is 44.9 Å². The summed E-state index contributed by atoms with van der Waals surface area (Å²) in [4.78, 5) is 0. The van der Waals surface area contributed by atoms with Gasteiger partial charge in [-0.1, -0.05) is 58.6 Å². The molecular weight excluding hydrogens is 180 g/mol. The van der Waals surface area contributed by atoms with Crippen LogP contribution in [0.2, 0.25) is 0 Å². The van der Waals surface area contributed by atoms with Gasteiger partial charge in [0.15, 0.2) is 0 Å². The van der Waals surface area contributed by atoms with Crippen molar-refractivity contribution < 1.29 is 0 Å². The SMILES string of the molecule is CCCC1C=CCC(CCC)C1CCC. The molecule has 15 heavy (non-hydrogen) atoms. The quantitative estimate of drug-likeness (QED) is 0.527. The standard InChI is InChI=1S/C15H28/c1-4-8-13-11-7-12-14(9-5-2)15(13)10-6-3/h7,11,13-15H,4-6,8-10,12H2,1-3H3. The van der Waals surface area contributed by atoms with Gasteiger partial charge >= 0.3 is 0 Å². The Morgan fingerprint density at radius 1 is 0.933 bits per heavy atom. The fourth-order valence-electron chi connectivity index (χ4n) is 3.22. The summed E-state index contributed by atoms with van der Waals surface area (Å²) in [6, 6.07) is 0. The third kappa shape index (κ3) is 3.66. The molecule has 0 fully saturated rings. The van der Waals surface area contributed by atoms with Crippen LogP contribution < -0.4 is 0 Å². The highest BCUT2D eigenvalue weighted by molar-refractivity contribution is 5.00. The van der Waals surface area contributed by atoms with Crippen LogP contribution in [0.3, 0.4) is 0 Å². The molecule has 0 bridgehead atoms. The Morgan fingerprint density at radius 2 is 1.60 bits per heavy atom. The smallest absolute Gasteiger partial charge is 0.0202 e. The Hall–Kier alpha value is -0.260. The minimum Gasteiger partial charge on any atom is -0.0880 e. The van der Waals surface area contributed by atoms with Crippen molar-refractivity contribution in [2.75, 3.05) is 0 Å². The van der Waals surface area contributed by atoms with E-state index in [-0.39, 0.29) is 0 Å². The van der Waals surface area contributed by atoms with Crippen LogP contribution in [0.5, 0.6) is 0 Å². The molecule has 1 aliphatic carbocycles. The van der Waals surface area contributed by atoms with E-state index in [4.69, 9.17) is 0 Å². The van der Waals surface area contributed by atoms with Crippen molar-refractivity contribution in [3.63, 3.8) is 0 Å². The molecule has 0 saturated heterocycles. The molecule has 1 aliphatic rings. The maximum Gasteiger partial charge on any atom is -0.0202 e. The van der Waals surface area contributed by atoms with E-state index in [1.807, 2.05) is 0 Å². The molecule has 0 heterocycles. The molecule has 0 aromatic rings. The first-order valence-electron chi connectivity index (χ1n) is 7.00. The molecule has 0 heteroatoms. The second-order valence-corrected chi connectivity index (χ2v) is 5.12. The van der Waals surface area contributed by atoms with E-state index in [9.17, 15) is 0 Å². The van der Waals surface area contributed by atoms with Crippen molar-refractivity contribution in [3.8, 4) is 0 Å². The molecule has 3 unspecified atom stereocenters. The molecule has 0 aromatic carbocycles. The first kappa shape index (κ1) is 12.8. The van der Waals surface area contributed by atoms with Gasteiger partial charge in [0.1, 0.15) is 0 Å². The summed E-state index contributed by atoms with van der Waals surface area (Å²) in [6.07, 6.45) is 14.7. The monoisotopic (exact) mass is 208 g/mol. The Kier molecular flexibility index (Phi) is 6.05. The topological polar surface area (TPSA) is 0 Å². The molecular formula is C15H28. The fraction of sp³-hybridized carbons (Fsp3) is 0.867. The highest BCUT2D eigenvalue weighted by atomic mass is 14.3. The second kappa shape index (κ2) is 7.09. The summed E-state index contributed by atoms with van der Waals surface area (Å²) < 4.78 is 0. The lowest BCUT2D eigenvalue weighted by molar-refractivity contribution is 0.207. The first-order chi connectivity index (χ1) is 7.33. The molecule has 0 spiro atoms. The van der Waals surface area contributed by atoms with Crippen LogP contribution in [0.4, 0.5) is 0 Å². The van der Waals surface area contributed by atoms with E-state index in [1.54, 1.807) is 0 Å². The lowest BCUT2D eigenvalue weighted by Crippen LogP contribution is -2.25. The van der Waals surface area contributed by atoms with Crippen LogP contribution in [-0.2, 0) is 0 Å². The molecule has 0 amide bonds. The maximum atomic E-state index is 2.51. The number of hydrogen-bond donors (Lipinski definition) is 0. The summed E-state index contributed by atoms with van der Waals surface area (Å²) in [7, 11) is 0. The summed E-state index contributed by atoms with van der Waals surface area (Å²) in [5.74, 6) is 2.86. The van der Waals surface area contributed by atoms with Crippen LogP contribution in [0.25, 0.3) is 0 Å². The van der Waals surface area contributed by atoms with Gasteiger partial charge in [0.05, 0.1) is 0 Å². The normalized spacial score (nSPS) is 30.7. The van der Waals surface area contributed by atoms with Crippen LogP contribution in [0, 0.1) is 17.8 Å². The fourth-order valence-corrected chi connectivity index (χ4v) is 3.22. The third-order valence-electron chi connectivity index (χ3n) is 3.88. The van der Waals surface area contributed by atoms with E-state index >= 15 is 0 Å². The van der Waals surface area contributed by atoms with Crippen molar-refractivity contribution in [2.24, 2.45) is 17.8 Å². The first-order valence-corrected chi connectivity index (χ1v) is 7.00. The largest absolute Gasteiger partial charge is 0.0880 e. The molecule has 0 aliphatic heterocycles. The van der Waals surface area contributed by atoms with Gasteiger partial charge in [0.25, 0.3) is 0 Å². The number of rotatable bonds is 6. The summed E-state index contributed by atoms with van der Waals surface area (Å²) in [5, 5.41) is 0. The lowest BCUT2D eigenvalue weighted by atomic mass is 9.70. The van der Waals surface area contributed by atoms with Crippen molar-refractivity contribution in [2.45, 2.75) is 65.7 Å².